The van der Waals surface area contributed by atoms with Gasteiger partial charge in [0, 0.05) is 40.7 Å². The van der Waals surface area contributed by atoms with E-state index < -0.39 is 0 Å². The van der Waals surface area contributed by atoms with E-state index in [-0.39, 0.29) is 11.7 Å². The minimum atomic E-state index is 0.0210. The molecule has 1 aliphatic carbocycles. The monoisotopic (exact) mass is 331 g/mol. The van der Waals surface area contributed by atoms with Gasteiger partial charge in [-0.15, -0.1) is 11.3 Å². The summed E-state index contributed by atoms with van der Waals surface area (Å²) < 4.78 is 11.7. The summed E-state index contributed by atoms with van der Waals surface area (Å²) in [6.45, 7) is 2.40. The SMILES string of the molecule is COc1cc2sc(C(=O)N3CCOCC3)cc2c2c1CCC2=O. The summed E-state index contributed by atoms with van der Waals surface area (Å²) in [7, 11) is 1.62. The summed E-state index contributed by atoms with van der Waals surface area (Å²) in [6, 6.07) is 3.83. The molecule has 1 amide bonds. The van der Waals surface area contributed by atoms with E-state index in [4.69, 9.17) is 9.47 Å². The molecule has 0 atom stereocenters. The molecule has 120 valence electrons. The Labute approximate surface area is 137 Å². The van der Waals surface area contributed by atoms with Crippen LogP contribution in [0.4, 0.5) is 0 Å². The number of hydrogen-bond donors (Lipinski definition) is 0. The van der Waals surface area contributed by atoms with E-state index >= 15 is 0 Å². The maximum absolute atomic E-state index is 12.7. The van der Waals surface area contributed by atoms with E-state index in [1.165, 1.54) is 11.3 Å². The van der Waals surface area contributed by atoms with Crippen LogP contribution in [0.2, 0.25) is 0 Å². The van der Waals surface area contributed by atoms with Crippen LogP contribution in [-0.4, -0.2) is 50.0 Å². The first-order valence-electron chi connectivity index (χ1n) is 7.72. The number of nitrogens with zero attached hydrogens (tertiary/aromatic N) is 1. The number of ether oxygens (including phenoxy) is 2. The summed E-state index contributed by atoms with van der Waals surface area (Å²) in [6.07, 6.45) is 1.24. The van der Waals surface area contributed by atoms with Crippen molar-refractivity contribution >= 4 is 33.1 Å². The van der Waals surface area contributed by atoms with Gasteiger partial charge in [0.2, 0.25) is 0 Å². The van der Waals surface area contributed by atoms with E-state index in [1.54, 1.807) is 7.11 Å². The van der Waals surface area contributed by atoms with Gasteiger partial charge in [0.15, 0.2) is 5.78 Å². The number of hydrogen-bond acceptors (Lipinski definition) is 5. The van der Waals surface area contributed by atoms with Gasteiger partial charge in [0.05, 0.1) is 25.2 Å². The van der Waals surface area contributed by atoms with Gasteiger partial charge in [-0.1, -0.05) is 0 Å². The molecule has 5 nitrogen and oxygen atoms in total. The fraction of sp³-hybridized carbons (Fsp3) is 0.412. The number of carbonyl (C=O) groups is 2. The third-order valence-electron chi connectivity index (χ3n) is 4.50. The zero-order valence-electron chi connectivity index (χ0n) is 12.9. The zero-order chi connectivity index (χ0) is 16.0. The zero-order valence-corrected chi connectivity index (χ0v) is 13.7. The van der Waals surface area contributed by atoms with Gasteiger partial charge < -0.3 is 14.4 Å². The van der Waals surface area contributed by atoms with E-state index in [9.17, 15) is 9.59 Å². The van der Waals surface area contributed by atoms with Gasteiger partial charge in [0.25, 0.3) is 5.91 Å². The van der Waals surface area contributed by atoms with E-state index in [0.29, 0.717) is 37.6 Å². The van der Waals surface area contributed by atoms with Crippen LogP contribution < -0.4 is 4.74 Å². The van der Waals surface area contributed by atoms with Crippen LogP contribution >= 0.6 is 11.3 Å². The lowest BCUT2D eigenvalue weighted by Crippen LogP contribution is -2.40. The van der Waals surface area contributed by atoms with E-state index in [1.807, 2.05) is 17.0 Å². The Morgan fingerprint density at radius 2 is 2.04 bits per heavy atom. The molecule has 2 aliphatic rings. The first-order valence-corrected chi connectivity index (χ1v) is 8.54. The first kappa shape index (κ1) is 14.7. The Morgan fingerprint density at radius 1 is 1.26 bits per heavy atom. The van der Waals surface area contributed by atoms with Crippen molar-refractivity contribution < 1.29 is 19.1 Å². The predicted octanol–water partition coefficient (Wildman–Crippen LogP) is 2.51. The average Bonchev–Trinajstić information content (AvgIpc) is 3.17. The molecule has 1 saturated heterocycles. The molecule has 0 spiro atoms. The summed E-state index contributed by atoms with van der Waals surface area (Å²) in [4.78, 5) is 27.4. The highest BCUT2D eigenvalue weighted by Crippen LogP contribution is 2.40. The number of methoxy groups -OCH3 is 1. The first-order chi connectivity index (χ1) is 11.2. The molecule has 1 fully saturated rings. The van der Waals surface area contributed by atoms with Crippen molar-refractivity contribution in [3.63, 3.8) is 0 Å². The molecule has 0 unspecified atom stereocenters. The highest BCUT2D eigenvalue weighted by atomic mass is 32.1. The Balaban J connectivity index is 1.80. The van der Waals surface area contributed by atoms with Crippen LogP contribution in [-0.2, 0) is 11.2 Å². The summed E-state index contributed by atoms with van der Waals surface area (Å²) >= 11 is 1.43. The normalized spacial score (nSPS) is 17.6. The van der Waals surface area contributed by atoms with E-state index in [2.05, 4.69) is 0 Å². The van der Waals surface area contributed by atoms with E-state index in [0.717, 1.165) is 33.4 Å². The molecule has 6 heteroatoms. The van der Waals surface area contributed by atoms with Gasteiger partial charge in [-0.05, 0) is 18.6 Å². The molecule has 1 aliphatic heterocycles. The average molecular weight is 331 g/mol. The van der Waals surface area contributed by atoms with Gasteiger partial charge >= 0.3 is 0 Å². The van der Waals surface area contributed by atoms with Crippen molar-refractivity contribution in [1.29, 1.82) is 0 Å². The molecule has 4 rings (SSSR count). The minimum Gasteiger partial charge on any atom is -0.496 e. The summed E-state index contributed by atoms with van der Waals surface area (Å²) in [5.74, 6) is 0.922. The van der Waals surface area contributed by atoms with Crippen molar-refractivity contribution in [2.24, 2.45) is 0 Å². The number of carbonyl (C=O) groups excluding carboxylic acids is 2. The van der Waals surface area contributed by atoms with Gasteiger partial charge in [-0.2, -0.15) is 0 Å². The molecule has 2 heterocycles. The van der Waals surface area contributed by atoms with Crippen LogP contribution in [0.3, 0.4) is 0 Å². The molecule has 1 aromatic heterocycles. The molecule has 0 radical (unpaired) electrons. The molecular formula is C17H17NO4S. The lowest BCUT2D eigenvalue weighted by molar-refractivity contribution is 0.0306. The highest BCUT2D eigenvalue weighted by Gasteiger charge is 2.28. The molecule has 0 saturated carbocycles. The second-order valence-electron chi connectivity index (χ2n) is 5.78. The lowest BCUT2D eigenvalue weighted by atomic mass is 10.0. The predicted molar refractivity (Wildman–Crippen MR) is 87.8 cm³/mol. The van der Waals surface area contributed by atoms with Crippen LogP contribution in [0.5, 0.6) is 5.75 Å². The number of amides is 1. The third-order valence-corrected chi connectivity index (χ3v) is 5.57. The summed E-state index contributed by atoms with van der Waals surface area (Å²) in [5, 5.41) is 0.893. The maximum Gasteiger partial charge on any atom is 0.264 e. The minimum absolute atomic E-state index is 0.0210. The van der Waals surface area contributed by atoms with Gasteiger partial charge in [-0.25, -0.2) is 0 Å². The highest BCUT2D eigenvalue weighted by molar-refractivity contribution is 7.20. The Morgan fingerprint density at radius 3 is 2.78 bits per heavy atom. The second-order valence-corrected chi connectivity index (χ2v) is 6.87. The van der Waals surface area contributed by atoms with Crippen molar-refractivity contribution in [3.05, 3.63) is 28.1 Å². The van der Waals surface area contributed by atoms with Crippen molar-refractivity contribution in [2.75, 3.05) is 33.4 Å². The van der Waals surface area contributed by atoms with Crippen LogP contribution in [0, 0.1) is 0 Å². The maximum atomic E-state index is 12.7. The smallest absolute Gasteiger partial charge is 0.264 e. The lowest BCUT2D eigenvalue weighted by Gasteiger charge is -2.26. The van der Waals surface area contributed by atoms with Crippen LogP contribution in [0.1, 0.15) is 32.0 Å². The Hall–Kier alpha value is -1.92. The number of fused-ring (bicyclic) bond motifs is 3. The van der Waals surface area contributed by atoms with Crippen LogP contribution in [0.25, 0.3) is 10.1 Å². The largest absolute Gasteiger partial charge is 0.496 e. The second kappa shape index (κ2) is 5.62. The quantitative estimate of drug-likeness (QED) is 0.848. The molecule has 0 bridgehead atoms. The van der Waals surface area contributed by atoms with Gasteiger partial charge in [0.1, 0.15) is 5.75 Å². The molecule has 1 aromatic carbocycles. The number of morpholine rings is 1. The third kappa shape index (κ3) is 2.33. The summed E-state index contributed by atoms with van der Waals surface area (Å²) in [5.41, 5.74) is 1.73. The number of thiophene rings is 1. The van der Waals surface area contributed by atoms with Crippen molar-refractivity contribution in [2.45, 2.75) is 12.8 Å². The Bertz CT molecular complexity index is 805. The van der Waals surface area contributed by atoms with Crippen molar-refractivity contribution in [3.8, 4) is 5.75 Å². The number of ketones is 1. The number of benzene rings is 1. The standard InChI is InChI=1S/C17H17NO4S/c1-21-13-9-14-11(16-10(13)2-3-12(16)19)8-15(23-14)17(20)18-4-6-22-7-5-18/h8-9H,2-7H2,1H3. The Kier molecular flexibility index (Phi) is 3.58. The van der Waals surface area contributed by atoms with Gasteiger partial charge in [-0.3, -0.25) is 9.59 Å². The fourth-order valence-electron chi connectivity index (χ4n) is 3.34. The topological polar surface area (TPSA) is 55.8 Å². The fourth-order valence-corrected chi connectivity index (χ4v) is 4.41. The molecule has 0 N–H and O–H groups in total. The molecular weight excluding hydrogens is 314 g/mol. The molecule has 2 aromatic rings. The molecule has 23 heavy (non-hydrogen) atoms. The number of rotatable bonds is 2. The number of Topliss-reactive ketones (excluding diaryl/α,β-unsaturated/α-hetero) is 1. The van der Waals surface area contributed by atoms with Crippen LogP contribution in [0.15, 0.2) is 12.1 Å². The van der Waals surface area contributed by atoms with Crippen molar-refractivity contribution in [1.82, 2.24) is 4.90 Å².